The summed E-state index contributed by atoms with van der Waals surface area (Å²) in [5, 5.41) is 12.5. The highest BCUT2D eigenvalue weighted by atomic mass is 35.5. The maximum absolute atomic E-state index is 6.13. The number of halogens is 1. The fraction of sp³-hybridized carbons (Fsp3) is 0.545. The predicted octanol–water partition coefficient (Wildman–Crippen LogP) is 2.25. The van der Waals surface area contributed by atoms with Gasteiger partial charge in [0.2, 0.25) is 0 Å². The van der Waals surface area contributed by atoms with Crippen LogP contribution in [0.3, 0.4) is 0 Å². The van der Waals surface area contributed by atoms with Crippen molar-refractivity contribution in [1.82, 2.24) is 24.8 Å². The van der Waals surface area contributed by atoms with Crippen LogP contribution in [-0.2, 0) is 13.5 Å². The molecule has 0 fully saturated rings. The van der Waals surface area contributed by atoms with Crippen LogP contribution in [0.25, 0.3) is 5.69 Å². The van der Waals surface area contributed by atoms with Crippen LogP contribution in [0.15, 0.2) is 12.4 Å². The summed E-state index contributed by atoms with van der Waals surface area (Å²) in [7, 11) is 1.90. The zero-order chi connectivity index (χ0) is 12.4. The summed E-state index contributed by atoms with van der Waals surface area (Å²) in [4.78, 5) is 0. The van der Waals surface area contributed by atoms with Crippen LogP contribution >= 0.6 is 11.6 Å². The monoisotopic (exact) mass is 253 g/mol. The molecule has 0 saturated carbocycles. The Bertz CT molecular complexity index is 502. The zero-order valence-corrected chi connectivity index (χ0v) is 11.0. The van der Waals surface area contributed by atoms with Crippen molar-refractivity contribution in [3.05, 3.63) is 23.8 Å². The largest absolute Gasteiger partial charge is 0.273 e. The molecule has 0 spiro atoms. The van der Waals surface area contributed by atoms with Gasteiger partial charge in [0.15, 0.2) is 0 Å². The van der Waals surface area contributed by atoms with Crippen LogP contribution in [0.5, 0.6) is 0 Å². The van der Waals surface area contributed by atoms with Crippen molar-refractivity contribution in [3.8, 4) is 5.69 Å². The Morgan fingerprint density at radius 3 is 2.76 bits per heavy atom. The molecule has 2 aromatic heterocycles. The second-order valence-electron chi connectivity index (χ2n) is 3.95. The normalized spacial score (nSPS) is 12.9. The van der Waals surface area contributed by atoms with Gasteiger partial charge in [0.1, 0.15) is 11.4 Å². The highest BCUT2D eigenvalue weighted by Crippen LogP contribution is 2.22. The van der Waals surface area contributed by atoms with Crippen molar-refractivity contribution in [1.29, 1.82) is 0 Å². The lowest BCUT2D eigenvalue weighted by Gasteiger charge is -1.99. The zero-order valence-electron chi connectivity index (χ0n) is 10.3. The Labute approximate surface area is 105 Å². The quantitative estimate of drug-likeness (QED) is 0.786. The molecule has 1 unspecified atom stereocenters. The second kappa shape index (κ2) is 4.87. The number of aromatic nitrogens is 5. The van der Waals surface area contributed by atoms with Gasteiger partial charge in [-0.25, -0.2) is 4.68 Å². The van der Waals surface area contributed by atoms with Crippen LogP contribution in [-0.4, -0.2) is 24.8 Å². The van der Waals surface area contributed by atoms with E-state index in [2.05, 4.69) is 22.3 Å². The number of hydrogen-bond donors (Lipinski definition) is 0. The summed E-state index contributed by atoms with van der Waals surface area (Å²) in [6.07, 6.45) is 5.52. The molecule has 6 heteroatoms. The standard InChI is InChI=1S/C11H16ClN5/c1-4-8(12)10-6-17(15-13-10)11-7-16(3)14-9(11)5-2/h6-8H,4-5H2,1-3H3. The fourth-order valence-corrected chi connectivity index (χ4v) is 1.81. The first-order chi connectivity index (χ1) is 8.15. The smallest absolute Gasteiger partial charge is 0.107 e. The van der Waals surface area contributed by atoms with Gasteiger partial charge in [-0.1, -0.05) is 19.1 Å². The number of nitrogens with zero attached hydrogens (tertiary/aromatic N) is 5. The van der Waals surface area contributed by atoms with Crippen LogP contribution in [0.4, 0.5) is 0 Å². The summed E-state index contributed by atoms with van der Waals surface area (Å²) in [6.45, 7) is 4.10. The molecular weight excluding hydrogens is 238 g/mol. The maximum atomic E-state index is 6.13. The molecule has 5 nitrogen and oxygen atoms in total. The van der Waals surface area contributed by atoms with E-state index in [4.69, 9.17) is 11.6 Å². The van der Waals surface area contributed by atoms with E-state index in [0.717, 1.165) is 29.9 Å². The number of aryl methyl sites for hydroxylation is 2. The molecule has 2 heterocycles. The molecule has 0 saturated heterocycles. The Morgan fingerprint density at radius 1 is 1.35 bits per heavy atom. The molecule has 17 heavy (non-hydrogen) atoms. The number of rotatable bonds is 4. The third-order valence-electron chi connectivity index (χ3n) is 2.66. The first kappa shape index (κ1) is 12.1. The van der Waals surface area contributed by atoms with Gasteiger partial charge in [0.05, 0.1) is 23.5 Å². The molecule has 0 radical (unpaired) electrons. The highest BCUT2D eigenvalue weighted by molar-refractivity contribution is 6.20. The van der Waals surface area contributed by atoms with E-state index in [0.29, 0.717) is 0 Å². The molecular formula is C11H16ClN5. The fourth-order valence-electron chi connectivity index (χ4n) is 1.71. The second-order valence-corrected chi connectivity index (χ2v) is 4.48. The van der Waals surface area contributed by atoms with E-state index in [-0.39, 0.29) is 5.38 Å². The molecule has 0 aliphatic rings. The predicted molar refractivity (Wildman–Crippen MR) is 66.4 cm³/mol. The van der Waals surface area contributed by atoms with Crippen molar-refractivity contribution in [2.24, 2.45) is 7.05 Å². The van der Waals surface area contributed by atoms with Crippen molar-refractivity contribution >= 4 is 11.6 Å². The van der Waals surface area contributed by atoms with E-state index in [1.165, 1.54) is 0 Å². The van der Waals surface area contributed by atoms with Crippen LogP contribution in [0.2, 0.25) is 0 Å². The summed E-state index contributed by atoms with van der Waals surface area (Å²) >= 11 is 6.13. The molecule has 0 aromatic carbocycles. The van der Waals surface area contributed by atoms with E-state index in [1.54, 1.807) is 9.36 Å². The summed E-state index contributed by atoms with van der Waals surface area (Å²) in [6, 6.07) is 0. The third-order valence-corrected chi connectivity index (χ3v) is 3.19. The van der Waals surface area contributed by atoms with E-state index >= 15 is 0 Å². The summed E-state index contributed by atoms with van der Waals surface area (Å²) in [5.74, 6) is 0. The average molecular weight is 254 g/mol. The Morgan fingerprint density at radius 2 is 2.12 bits per heavy atom. The van der Waals surface area contributed by atoms with Crippen LogP contribution < -0.4 is 0 Å². The number of hydrogen-bond acceptors (Lipinski definition) is 3. The lowest BCUT2D eigenvalue weighted by Crippen LogP contribution is -1.97. The molecule has 0 aliphatic heterocycles. The van der Waals surface area contributed by atoms with E-state index < -0.39 is 0 Å². The minimum atomic E-state index is -0.0782. The van der Waals surface area contributed by atoms with Crippen molar-refractivity contribution in [2.45, 2.75) is 32.1 Å². The molecule has 2 aromatic rings. The minimum Gasteiger partial charge on any atom is -0.273 e. The van der Waals surface area contributed by atoms with Crippen LogP contribution in [0, 0.1) is 0 Å². The van der Waals surface area contributed by atoms with Gasteiger partial charge < -0.3 is 0 Å². The minimum absolute atomic E-state index is 0.0782. The van der Waals surface area contributed by atoms with Gasteiger partial charge in [-0.15, -0.1) is 16.7 Å². The highest BCUT2D eigenvalue weighted by Gasteiger charge is 2.14. The van der Waals surface area contributed by atoms with Crippen molar-refractivity contribution in [3.63, 3.8) is 0 Å². The van der Waals surface area contributed by atoms with E-state index in [9.17, 15) is 0 Å². The van der Waals surface area contributed by atoms with Crippen molar-refractivity contribution < 1.29 is 0 Å². The molecule has 92 valence electrons. The molecule has 0 aliphatic carbocycles. The Hall–Kier alpha value is -1.36. The van der Waals surface area contributed by atoms with Gasteiger partial charge >= 0.3 is 0 Å². The molecule has 1 atom stereocenters. The van der Waals surface area contributed by atoms with E-state index in [1.807, 2.05) is 26.4 Å². The SMILES string of the molecule is CCc1nn(C)cc1-n1cc(C(Cl)CC)nn1. The summed E-state index contributed by atoms with van der Waals surface area (Å²) in [5.41, 5.74) is 2.78. The Kier molecular flexibility index (Phi) is 3.47. The molecule has 0 amide bonds. The van der Waals surface area contributed by atoms with Gasteiger partial charge in [0, 0.05) is 7.05 Å². The maximum Gasteiger partial charge on any atom is 0.107 e. The van der Waals surface area contributed by atoms with Gasteiger partial charge in [-0.3, -0.25) is 4.68 Å². The molecule has 2 rings (SSSR count). The average Bonchev–Trinajstić information content (AvgIpc) is 2.93. The lowest BCUT2D eigenvalue weighted by molar-refractivity contribution is 0.746. The molecule has 0 bridgehead atoms. The van der Waals surface area contributed by atoms with Gasteiger partial charge in [0.25, 0.3) is 0 Å². The van der Waals surface area contributed by atoms with Crippen molar-refractivity contribution in [2.75, 3.05) is 0 Å². The van der Waals surface area contributed by atoms with Gasteiger partial charge in [-0.05, 0) is 12.8 Å². The molecule has 0 N–H and O–H groups in total. The first-order valence-corrected chi connectivity index (χ1v) is 6.18. The number of alkyl halides is 1. The van der Waals surface area contributed by atoms with Gasteiger partial charge in [-0.2, -0.15) is 5.10 Å². The first-order valence-electron chi connectivity index (χ1n) is 5.74. The Balaban J connectivity index is 2.36. The lowest BCUT2D eigenvalue weighted by atomic mass is 10.2. The topological polar surface area (TPSA) is 48.5 Å². The van der Waals surface area contributed by atoms with Crippen LogP contribution in [0.1, 0.15) is 37.0 Å². The third kappa shape index (κ3) is 2.34. The summed E-state index contributed by atoms with van der Waals surface area (Å²) < 4.78 is 3.53.